The highest BCUT2D eigenvalue weighted by molar-refractivity contribution is 4.90. The maximum Gasteiger partial charge on any atom is 0.0132 e. The number of hydrogen-bond acceptors (Lipinski definition) is 1. The van der Waals surface area contributed by atoms with Crippen LogP contribution in [0.25, 0.3) is 0 Å². The standard InChI is InChI=1S/C19H39N/c1-9-18(5,6)15-10-12-16(13-11-15)20-19(7,8)14-17(2,3)4/h15-16,20H,9-14H2,1-8H3. The van der Waals surface area contributed by atoms with Crippen molar-refractivity contribution in [1.82, 2.24) is 5.32 Å². The zero-order chi connectivity index (χ0) is 15.6. The van der Waals surface area contributed by atoms with Gasteiger partial charge in [-0.3, -0.25) is 0 Å². The van der Waals surface area contributed by atoms with Gasteiger partial charge >= 0.3 is 0 Å². The minimum Gasteiger partial charge on any atom is -0.309 e. The average molecular weight is 282 g/mol. The monoisotopic (exact) mass is 281 g/mol. The van der Waals surface area contributed by atoms with Gasteiger partial charge in [0.1, 0.15) is 0 Å². The van der Waals surface area contributed by atoms with Crippen LogP contribution in [0, 0.1) is 16.7 Å². The molecule has 120 valence electrons. The van der Waals surface area contributed by atoms with E-state index in [0.717, 1.165) is 12.0 Å². The van der Waals surface area contributed by atoms with E-state index in [-0.39, 0.29) is 5.54 Å². The van der Waals surface area contributed by atoms with Gasteiger partial charge in [-0.2, -0.15) is 0 Å². The summed E-state index contributed by atoms with van der Waals surface area (Å²) in [5.74, 6) is 0.927. The van der Waals surface area contributed by atoms with Gasteiger partial charge < -0.3 is 5.32 Å². The molecule has 20 heavy (non-hydrogen) atoms. The number of nitrogens with one attached hydrogen (secondary N) is 1. The van der Waals surface area contributed by atoms with Crippen LogP contribution >= 0.6 is 0 Å². The molecule has 0 heterocycles. The van der Waals surface area contributed by atoms with Crippen molar-refractivity contribution in [2.24, 2.45) is 16.7 Å². The Balaban J connectivity index is 2.46. The van der Waals surface area contributed by atoms with Gasteiger partial charge in [-0.25, -0.2) is 0 Å². The summed E-state index contributed by atoms with van der Waals surface area (Å²) < 4.78 is 0. The minimum atomic E-state index is 0.260. The van der Waals surface area contributed by atoms with E-state index in [1.54, 1.807) is 0 Å². The normalized spacial score (nSPS) is 25.8. The van der Waals surface area contributed by atoms with E-state index in [9.17, 15) is 0 Å². The Labute approximate surface area is 128 Å². The van der Waals surface area contributed by atoms with E-state index in [1.807, 2.05) is 0 Å². The third kappa shape index (κ3) is 5.76. The minimum absolute atomic E-state index is 0.260. The molecule has 1 saturated carbocycles. The topological polar surface area (TPSA) is 12.0 Å². The van der Waals surface area contributed by atoms with Crippen LogP contribution in [-0.4, -0.2) is 11.6 Å². The average Bonchev–Trinajstić information content (AvgIpc) is 2.25. The highest BCUT2D eigenvalue weighted by atomic mass is 15.0. The largest absolute Gasteiger partial charge is 0.309 e. The predicted molar refractivity (Wildman–Crippen MR) is 91.1 cm³/mol. The lowest BCUT2D eigenvalue weighted by atomic mass is 9.68. The summed E-state index contributed by atoms with van der Waals surface area (Å²) in [7, 11) is 0. The first-order valence-electron chi connectivity index (χ1n) is 8.73. The van der Waals surface area contributed by atoms with Crippen molar-refractivity contribution < 1.29 is 0 Å². The molecule has 0 aromatic carbocycles. The lowest BCUT2D eigenvalue weighted by molar-refractivity contribution is 0.121. The summed E-state index contributed by atoms with van der Waals surface area (Å²) in [6, 6.07) is 0.733. The third-order valence-electron chi connectivity index (χ3n) is 5.31. The van der Waals surface area contributed by atoms with Crippen molar-refractivity contribution in [2.45, 2.75) is 105 Å². The number of rotatable bonds is 5. The summed E-state index contributed by atoms with van der Waals surface area (Å²) in [4.78, 5) is 0. The third-order valence-corrected chi connectivity index (χ3v) is 5.31. The Hall–Kier alpha value is -0.0400. The molecule has 0 aromatic rings. The fourth-order valence-corrected chi connectivity index (χ4v) is 4.24. The molecule has 0 saturated heterocycles. The second-order valence-corrected chi connectivity index (χ2v) is 9.66. The van der Waals surface area contributed by atoms with Gasteiger partial charge in [0.25, 0.3) is 0 Å². The molecule has 0 aromatic heterocycles. The maximum absolute atomic E-state index is 3.94. The van der Waals surface area contributed by atoms with Crippen molar-refractivity contribution in [3.63, 3.8) is 0 Å². The fraction of sp³-hybridized carbons (Fsp3) is 1.00. The van der Waals surface area contributed by atoms with Crippen molar-refractivity contribution in [3.05, 3.63) is 0 Å². The molecule has 0 amide bonds. The van der Waals surface area contributed by atoms with E-state index in [1.165, 1.54) is 38.5 Å². The fourth-order valence-electron chi connectivity index (χ4n) is 4.24. The molecule has 1 aliphatic carbocycles. The van der Waals surface area contributed by atoms with E-state index in [0.29, 0.717) is 10.8 Å². The highest BCUT2D eigenvalue weighted by Crippen LogP contribution is 2.41. The summed E-state index contributed by atoms with van der Waals surface area (Å²) in [6.45, 7) is 19.0. The molecule has 1 rings (SSSR count). The zero-order valence-corrected chi connectivity index (χ0v) is 15.4. The van der Waals surface area contributed by atoms with E-state index in [2.05, 4.69) is 60.7 Å². The van der Waals surface area contributed by atoms with Crippen molar-refractivity contribution in [2.75, 3.05) is 0 Å². The molecule has 0 unspecified atom stereocenters. The Morgan fingerprint density at radius 2 is 1.35 bits per heavy atom. The molecule has 1 aliphatic rings. The van der Waals surface area contributed by atoms with Crippen molar-refractivity contribution in [1.29, 1.82) is 0 Å². The second kappa shape index (κ2) is 6.38. The molecular weight excluding hydrogens is 242 g/mol. The van der Waals surface area contributed by atoms with Gasteiger partial charge in [0.2, 0.25) is 0 Å². The van der Waals surface area contributed by atoms with Gasteiger partial charge in [0.15, 0.2) is 0 Å². The van der Waals surface area contributed by atoms with Gasteiger partial charge in [0, 0.05) is 11.6 Å². The molecule has 0 radical (unpaired) electrons. The molecular formula is C19H39N. The summed E-state index contributed by atoms with van der Waals surface area (Å²) >= 11 is 0. The van der Waals surface area contributed by atoms with Gasteiger partial charge in [-0.1, -0.05) is 48.0 Å². The lowest BCUT2D eigenvalue weighted by Gasteiger charge is -2.42. The Bertz CT molecular complexity index is 287. The van der Waals surface area contributed by atoms with Crippen LogP contribution < -0.4 is 5.32 Å². The molecule has 1 heteroatoms. The SMILES string of the molecule is CCC(C)(C)C1CCC(NC(C)(C)CC(C)(C)C)CC1. The second-order valence-electron chi connectivity index (χ2n) is 9.66. The molecule has 0 atom stereocenters. The Morgan fingerprint density at radius 3 is 1.75 bits per heavy atom. The lowest BCUT2D eigenvalue weighted by Crippen LogP contribution is -2.49. The van der Waals surface area contributed by atoms with Crippen LogP contribution in [0.4, 0.5) is 0 Å². The molecule has 1 nitrogen and oxygen atoms in total. The van der Waals surface area contributed by atoms with Gasteiger partial charge in [0.05, 0.1) is 0 Å². The van der Waals surface area contributed by atoms with Crippen molar-refractivity contribution >= 4 is 0 Å². The van der Waals surface area contributed by atoms with Gasteiger partial charge in [-0.15, -0.1) is 0 Å². The smallest absolute Gasteiger partial charge is 0.0132 e. The van der Waals surface area contributed by atoms with Crippen LogP contribution in [0.3, 0.4) is 0 Å². The van der Waals surface area contributed by atoms with Crippen LogP contribution in [0.15, 0.2) is 0 Å². The first-order chi connectivity index (χ1) is 8.95. The Morgan fingerprint density at radius 1 is 0.850 bits per heavy atom. The van der Waals surface area contributed by atoms with E-state index >= 15 is 0 Å². The summed E-state index contributed by atoms with van der Waals surface area (Å²) in [6.07, 6.45) is 8.09. The highest BCUT2D eigenvalue weighted by Gasteiger charge is 2.34. The summed E-state index contributed by atoms with van der Waals surface area (Å²) in [5.41, 5.74) is 1.19. The molecule has 0 bridgehead atoms. The van der Waals surface area contributed by atoms with Crippen LogP contribution in [-0.2, 0) is 0 Å². The van der Waals surface area contributed by atoms with Crippen LogP contribution in [0.2, 0.25) is 0 Å². The van der Waals surface area contributed by atoms with Crippen molar-refractivity contribution in [3.8, 4) is 0 Å². The molecule has 1 fully saturated rings. The maximum atomic E-state index is 3.94. The quantitative estimate of drug-likeness (QED) is 0.673. The molecule has 0 aliphatic heterocycles. The van der Waals surface area contributed by atoms with E-state index < -0.39 is 0 Å². The van der Waals surface area contributed by atoms with Crippen LogP contribution in [0.1, 0.15) is 93.9 Å². The first-order valence-corrected chi connectivity index (χ1v) is 8.73. The number of hydrogen-bond donors (Lipinski definition) is 1. The zero-order valence-electron chi connectivity index (χ0n) is 15.4. The van der Waals surface area contributed by atoms with Crippen LogP contribution in [0.5, 0.6) is 0 Å². The Kier molecular flexibility index (Phi) is 5.75. The molecule has 0 spiro atoms. The summed E-state index contributed by atoms with van der Waals surface area (Å²) in [5, 5.41) is 3.94. The first kappa shape index (κ1) is 18.0. The predicted octanol–water partition coefficient (Wildman–Crippen LogP) is 5.79. The van der Waals surface area contributed by atoms with E-state index in [4.69, 9.17) is 0 Å². The van der Waals surface area contributed by atoms with Gasteiger partial charge in [-0.05, 0) is 62.7 Å². The molecule has 1 N–H and O–H groups in total.